The summed E-state index contributed by atoms with van der Waals surface area (Å²) in [5.41, 5.74) is -0.164. The summed E-state index contributed by atoms with van der Waals surface area (Å²) < 4.78 is 0. The molecule has 0 amide bonds. The van der Waals surface area contributed by atoms with Crippen LogP contribution in [0.2, 0.25) is 0 Å². The van der Waals surface area contributed by atoms with Crippen molar-refractivity contribution in [3.05, 3.63) is 39.6 Å². The molecule has 70 valence electrons. The van der Waals surface area contributed by atoms with Gasteiger partial charge in [-0.1, -0.05) is 6.07 Å². The monoisotopic (exact) mass is 206 g/mol. The quantitative estimate of drug-likeness (QED) is 0.753. The molecule has 14 heavy (non-hydrogen) atoms. The standard InChI is InChI=1S/C9H6N2O2S/c12-5-6-4-8(13)11-9(10-6)7-2-1-3-14-7/h1-5H,(H,10,11,13). The van der Waals surface area contributed by atoms with Gasteiger partial charge >= 0.3 is 0 Å². The molecule has 0 unspecified atom stereocenters. The summed E-state index contributed by atoms with van der Waals surface area (Å²) in [6.45, 7) is 0. The van der Waals surface area contributed by atoms with Crippen LogP contribution >= 0.6 is 11.3 Å². The van der Waals surface area contributed by atoms with E-state index in [1.54, 1.807) is 0 Å². The van der Waals surface area contributed by atoms with Crippen molar-refractivity contribution in [1.29, 1.82) is 0 Å². The Morgan fingerprint density at radius 2 is 2.36 bits per heavy atom. The Hall–Kier alpha value is -1.75. The van der Waals surface area contributed by atoms with E-state index in [-0.39, 0.29) is 11.3 Å². The van der Waals surface area contributed by atoms with Gasteiger partial charge in [0.2, 0.25) is 0 Å². The van der Waals surface area contributed by atoms with E-state index in [9.17, 15) is 9.59 Å². The van der Waals surface area contributed by atoms with E-state index in [1.165, 1.54) is 17.4 Å². The van der Waals surface area contributed by atoms with Crippen LogP contribution in [0.15, 0.2) is 28.4 Å². The normalized spacial score (nSPS) is 10.0. The van der Waals surface area contributed by atoms with Gasteiger partial charge < -0.3 is 4.98 Å². The molecule has 0 aromatic carbocycles. The third kappa shape index (κ3) is 1.62. The summed E-state index contributed by atoms with van der Waals surface area (Å²) in [6.07, 6.45) is 0.562. The second-order valence-electron chi connectivity index (χ2n) is 2.61. The van der Waals surface area contributed by atoms with Crippen LogP contribution in [0.3, 0.4) is 0 Å². The molecule has 0 bridgehead atoms. The Balaban J connectivity index is 2.59. The van der Waals surface area contributed by atoms with Crippen LogP contribution in [0.4, 0.5) is 0 Å². The summed E-state index contributed by atoms with van der Waals surface area (Å²) >= 11 is 1.46. The van der Waals surface area contributed by atoms with Crippen molar-refractivity contribution in [3.63, 3.8) is 0 Å². The van der Waals surface area contributed by atoms with Crippen molar-refractivity contribution in [2.75, 3.05) is 0 Å². The lowest BCUT2D eigenvalue weighted by Crippen LogP contribution is -2.09. The second-order valence-corrected chi connectivity index (χ2v) is 3.56. The molecule has 0 atom stereocenters. The maximum Gasteiger partial charge on any atom is 0.251 e. The molecular weight excluding hydrogens is 200 g/mol. The Morgan fingerprint density at radius 1 is 1.50 bits per heavy atom. The van der Waals surface area contributed by atoms with Gasteiger partial charge in [-0.05, 0) is 11.4 Å². The lowest BCUT2D eigenvalue weighted by molar-refractivity contribution is 0.111. The maximum atomic E-state index is 11.1. The van der Waals surface area contributed by atoms with Crippen molar-refractivity contribution in [1.82, 2.24) is 9.97 Å². The van der Waals surface area contributed by atoms with Crippen molar-refractivity contribution in [2.24, 2.45) is 0 Å². The molecule has 2 rings (SSSR count). The number of thiophene rings is 1. The van der Waals surface area contributed by atoms with Crippen molar-refractivity contribution in [2.45, 2.75) is 0 Å². The summed E-state index contributed by atoms with van der Waals surface area (Å²) in [5.74, 6) is 0.439. The largest absolute Gasteiger partial charge is 0.306 e. The van der Waals surface area contributed by atoms with Crippen LogP contribution < -0.4 is 5.56 Å². The molecule has 0 aliphatic rings. The number of carbonyl (C=O) groups is 1. The average molecular weight is 206 g/mol. The first-order chi connectivity index (χ1) is 6.79. The number of nitrogens with one attached hydrogen (secondary N) is 1. The molecule has 0 aliphatic heterocycles. The van der Waals surface area contributed by atoms with Gasteiger partial charge in [-0.15, -0.1) is 11.3 Å². The Morgan fingerprint density at radius 3 is 3.00 bits per heavy atom. The molecule has 0 spiro atoms. The number of hydrogen-bond acceptors (Lipinski definition) is 4. The minimum Gasteiger partial charge on any atom is -0.306 e. The minimum atomic E-state index is -0.314. The van der Waals surface area contributed by atoms with E-state index in [0.29, 0.717) is 12.1 Å². The number of aromatic nitrogens is 2. The predicted molar refractivity (Wildman–Crippen MR) is 53.6 cm³/mol. The SMILES string of the molecule is O=Cc1cc(=O)[nH]c(-c2cccs2)n1. The highest BCUT2D eigenvalue weighted by Crippen LogP contribution is 2.19. The summed E-state index contributed by atoms with van der Waals surface area (Å²) in [5, 5.41) is 1.88. The van der Waals surface area contributed by atoms with Gasteiger partial charge in [0.25, 0.3) is 5.56 Å². The maximum absolute atomic E-state index is 11.1. The fourth-order valence-electron chi connectivity index (χ4n) is 1.07. The molecule has 5 heteroatoms. The van der Waals surface area contributed by atoms with Crippen LogP contribution in [0, 0.1) is 0 Å². The molecule has 2 aromatic rings. The topological polar surface area (TPSA) is 62.8 Å². The highest BCUT2D eigenvalue weighted by atomic mass is 32.1. The minimum absolute atomic E-state index is 0.150. The Labute approximate surface area is 83.3 Å². The van der Waals surface area contributed by atoms with Crippen molar-refractivity contribution >= 4 is 17.6 Å². The Kier molecular flexibility index (Phi) is 2.24. The molecule has 0 fully saturated rings. The fourth-order valence-corrected chi connectivity index (χ4v) is 1.74. The first kappa shape index (κ1) is 8.83. The number of aldehydes is 1. The fraction of sp³-hybridized carbons (Fsp3) is 0. The van der Waals surface area contributed by atoms with Crippen LogP contribution in [0.5, 0.6) is 0 Å². The van der Waals surface area contributed by atoms with E-state index >= 15 is 0 Å². The first-order valence-electron chi connectivity index (χ1n) is 3.90. The summed E-state index contributed by atoms with van der Waals surface area (Å²) in [4.78, 5) is 29.0. The molecular formula is C9H6N2O2S. The van der Waals surface area contributed by atoms with Crippen LogP contribution in [0.1, 0.15) is 10.5 Å². The third-order valence-electron chi connectivity index (χ3n) is 1.64. The van der Waals surface area contributed by atoms with Gasteiger partial charge in [-0.3, -0.25) is 9.59 Å². The number of rotatable bonds is 2. The molecule has 0 saturated heterocycles. The molecule has 2 heterocycles. The van der Waals surface area contributed by atoms with Gasteiger partial charge in [0, 0.05) is 6.07 Å². The molecule has 0 saturated carbocycles. The molecule has 0 radical (unpaired) electrons. The van der Waals surface area contributed by atoms with Crippen molar-refractivity contribution < 1.29 is 4.79 Å². The number of nitrogens with zero attached hydrogens (tertiary/aromatic N) is 1. The lowest BCUT2D eigenvalue weighted by atomic mass is 10.4. The summed E-state index contributed by atoms with van der Waals surface area (Å²) in [6, 6.07) is 4.86. The van der Waals surface area contributed by atoms with Crippen LogP contribution in [-0.4, -0.2) is 16.3 Å². The van der Waals surface area contributed by atoms with E-state index in [0.717, 1.165) is 4.88 Å². The van der Waals surface area contributed by atoms with Gasteiger partial charge in [0.05, 0.1) is 4.88 Å². The van der Waals surface area contributed by atoms with Crippen molar-refractivity contribution in [3.8, 4) is 10.7 Å². The lowest BCUT2D eigenvalue weighted by Gasteiger charge is -1.96. The number of hydrogen-bond donors (Lipinski definition) is 1. The van der Waals surface area contributed by atoms with E-state index in [1.807, 2.05) is 17.5 Å². The summed E-state index contributed by atoms with van der Waals surface area (Å²) in [7, 11) is 0. The molecule has 1 N–H and O–H groups in total. The van der Waals surface area contributed by atoms with Gasteiger partial charge in [0.15, 0.2) is 12.1 Å². The van der Waals surface area contributed by atoms with Gasteiger partial charge in [0.1, 0.15) is 5.69 Å². The first-order valence-corrected chi connectivity index (χ1v) is 4.78. The van der Waals surface area contributed by atoms with Gasteiger partial charge in [-0.2, -0.15) is 0 Å². The van der Waals surface area contributed by atoms with Crippen LogP contribution in [0.25, 0.3) is 10.7 Å². The van der Waals surface area contributed by atoms with E-state index in [4.69, 9.17) is 0 Å². The number of aromatic amines is 1. The highest BCUT2D eigenvalue weighted by molar-refractivity contribution is 7.13. The number of carbonyl (C=O) groups excluding carboxylic acids is 1. The predicted octanol–water partition coefficient (Wildman–Crippen LogP) is 1.31. The average Bonchev–Trinajstić information content (AvgIpc) is 2.69. The zero-order valence-corrected chi connectivity index (χ0v) is 7.88. The van der Waals surface area contributed by atoms with E-state index < -0.39 is 0 Å². The smallest absolute Gasteiger partial charge is 0.251 e. The number of H-pyrrole nitrogens is 1. The molecule has 2 aromatic heterocycles. The molecule has 0 aliphatic carbocycles. The Bertz CT molecular complexity index is 502. The third-order valence-corrected chi connectivity index (χ3v) is 2.51. The second kappa shape index (κ2) is 3.55. The van der Waals surface area contributed by atoms with E-state index in [2.05, 4.69) is 9.97 Å². The molecule has 4 nitrogen and oxygen atoms in total. The zero-order valence-electron chi connectivity index (χ0n) is 7.06. The highest BCUT2D eigenvalue weighted by Gasteiger charge is 2.03. The van der Waals surface area contributed by atoms with Crippen LogP contribution in [-0.2, 0) is 0 Å². The van der Waals surface area contributed by atoms with Gasteiger partial charge in [-0.25, -0.2) is 4.98 Å². The zero-order chi connectivity index (χ0) is 9.97.